The quantitative estimate of drug-likeness (QED) is 0.858. The van der Waals surface area contributed by atoms with Crippen LogP contribution in [0.25, 0.3) is 0 Å². The molecule has 3 rings (SSSR count). The molecule has 122 valence electrons. The number of aliphatic hydroxyl groups excluding tert-OH is 1. The smallest absolute Gasteiger partial charge is 0.0695 e. The van der Waals surface area contributed by atoms with Crippen molar-refractivity contribution in [3.05, 3.63) is 0 Å². The van der Waals surface area contributed by atoms with Crippen LogP contribution in [0.5, 0.6) is 0 Å². The molecular formula is C17H32N2O2. The molecule has 3 fully saturated rings. The molecule has 0 aromatic heterocycles. The highest BCUT2D eigenvalue weighted by Gasteiger charge is 2.38. The highest BCUT2D eigenvalue weighted by atomic mass is 16.5. The van der Waals surface area contributed by atoms with Crippen LogP contribution in [0.1, 0.15) is 39.5 Å². The lowest BCUT2D eigenvalue weighted by molar-refractivity contribution is -0.00580. The molecule has 0 spiro atoms. The van der Waals surface area contributed by atoms with Crippen LogP contribution in [0.15, 0.2) is 0 Å². The molecule has 0 aromatic rings. The maximum Gasteiger partial charge on any atom is 0.0695 e. The summed E-state index contributed by atoms with van der Waals surface area (Å²) >= 11 is 0. The minimum atomic E-state index is -0.108. The molecule has 0 bridgehead atoms. The SMILES string of the molecule is CC(C)C1CCC(O)C(N2CCC(N3CCOCC3)C2)C1. The fourth-order valence-electron chi connectivity index (χ4n) is 4.47. The van der Waals surface area contributed by atoms with E-state index >= 15 is 0 Å². The van der Waals surface area contributed by atoms with E-state index in [0.29, 0.717) is 12.1 Å². The van der Waals surface area contributed by atoms with Gasteiger partial charge in [0.1, 0.15) is 0 Å². The van der Waals surface area contributed by atoms with E-state index in [1.807, 2.05) is 0 Å². The van der Waals surface area contributed by atoms with Crippen molar-refractivity contribution >= 4 is 0 Å². The van der Waals surface area contributed by atoms with Crippen LogP contribution in [0.4, 0.5) is 0 Å². The van der Waals surface area contributed by atoms with Crippen LogP contribution in [-0.2, 0) is 4.74 Å². The number of rotatable bonds is 3. The van der Waals surface area contributed by atoms with Crippen molar-refractivity contribution in [3.8, 4) is 0 Å². The molecule has 4 unspecified atom stereocenters. The fraction of sp³-hybridized carbons (Fsp3) is 1.00. The van der Waals surface area contributed by atoms with Crippen molar-refractivity contribution in [1.29, 1.82) is 0 Å². The normalized spacial score (nSPS) is 40.0. The number of nitrogens with zero attached hydrogens (tertiary/aromatic N) is 2. The highest BCUT2D eigenvalue weighted by molar-refractivity contribution is 4.93. The third-order valence-electron chi connectivity index (χ3n) is 5.99. The van der Waals surface area contributed by atoms with E-state index in [2.05, 4.69) is 23.6 Å². The van der Waals surface area contributed by atoms with E-state index in [1.165, 1.54) is 19.3 Å². The molecule has 4 heteroatoms. The molecule has 4 nitrogen and oxygen atoms in total. The second-order valence-electron chi connectivity index (χ2n) is 7.54. The average molecular weight is 296 g/mol. The zero-order valence-electron chi connectivity index (χ0n) is 13.7. The topological polar surface area (TPSA) is 35.9 Å². The molecule has 1 saturated carbocycles. The number of hydrogen-bond acceptors (Lipinski definition) is 4. The van der Waals surface area contributed by atoms with Gasteiger partial charge in [-0.1, -0.05) is 13.8 Å². The van der Waals surface area contributed by atoms with E-state index in [-0.39, 0.29) is 6.10 Å². The first-order valence-corrected chi connectivity index (χ1v) is 8.89. The van der Waals surface area contributed by atoms with Crippen molar-refractivity contribution in [2.24, 2.45) is 11.8 Å². The minimum Gasteiger partial charge on any atom is -0.391 e. The second-order valence-corrected chi connectivity index (χ2v) is 7.54. The molecule has 0 amide bonds. The molecule has 2 heterocycles. The molecule has 1 N–H and O–H groups in total. The third kappa shape index (κ3) is 3.61. The van der Waals surface area contributed by atoms with Gasteiger partial charge in [-0.05, 0) is 37.5 Å². The maximum absolute atomic E-state index is 10.5. The molecule has 4 atom stereocenters. The Kier molecular flexibility index (Phi) is 5.20. The molecule has 1 aliphatic carbocycles. The Morgan fingerprint density at radius 2 is 1.76 bits per heavy atom. The van der Waals surface area contributed by atoms with Gasteiger partial charge in [-0.2, -0.15) is 0 Å². The lowest BCUT2D eigenvalue weighted by Crippen LogP contribution is -2.49. The van der Waals surface area contributed by atoms with E-state index in [1.54, 1.807) is 0 Å². The van der Waals surface area contributed by atoms with Crippen LogP contribution in [0.3, 0.4) is 0 Å². The van der Waals surface area contributed by atoms with Crippen LogP contribution in [0, 0.1) is 11.8 Å². The maximum atomic E-state index is 10.5. The van der Waals surface area contributed by atoms with Gasteiger partial charge in [0.15, 0.2) is 0 Å². The van der Waals surface area contributed by atoms with Gasteiger partial charge >= 0.3 is 0 Å². The summed E-state index contributed by atoms with van der Waals surface area (Å²) in [6, 6.07) is 1.08. The average Bonchev–Trinajstić information content (AvgIpc) is 2.98. The van der Waals surface area contributed by atoms with E-state index in [9.17, 15) is 5.11 Å². The molecule has 2 aliphatic heterocycles. The number of aliphatic hydroxyl groups is 1. The third-order valence-corrected chi connectivity index (χ3v) is 5.99. The largest absolute Gasteiger partial charge is 0.391 e. The first-order valence-electron chi connectivity index (χ1n) is 8.89. The molecule has 3 aliphatic rings. The fourth-order valence-corrected chi connectivity index (χ4v) is 4.47. The zero-order valence-corrected chi connectivity index (χ0v) is 13.7. The van der Waals surface area contributed by atoms with Gasteiger partial charge in [0.25, 0.3) is 0 Å². The van der Waals surface area contributed by atoms with E-state index in [4.69, 9.17) is 4.74 Å². The Morgan fingerprint density at radius 1 is 1.00 bits per heavy atom. The summed E-state index contributed by atoms with van der Waals surface area (Å²) in [4.78, 5) is 5.18. The zero-order chi connectivity index (χ0) is 14.8. The second kappa shape index (κ2) is 6.95. The van der Waals surface area contributed by atoms with Crippen molar-refractivity contribution < 1.29 is 9.84 Å². The molecule has 0 radical (unpaired) electrons. The molecule has 0 aromatic carbocycles. The van der Waals surface area contributed by atoms with Crippen LogP contribution in [0.2, 0.25) is 0 Å². The first kappa shape index (κ1) is 15.7. The van der Waals surface area contributed by atoms with Crippen LogP contribution >= 0.6 is 0 Å². The summed E-state index contributed by atoms with van der Waals surface area (Å²) in [6.45, 7) is 10.9. The summed E-state index contributed by atoms with van der Waals surface area (Å²) in [5.41, 5.74) is 0. The van der Waals surface area contributed by atoms with Crippen molar-refractivity contribution in [1.82, 2.24) is 9.80 Å². The van der Waals surface area contributed by atoms with Gasteiger partial charge in [-0.15, -0.1) is 0 Å². The molecule has 2 saturated heterocycles. The Labute approximate surface area is 129 Å². The van der Waals surface area contributed by atoms with Gasteiger partial charge in [-0.25, -0.2) is 0 Å². The predicted molar refractivity (Wildman–Crippen MR) is 84.3 cm³/mol. The first-order chi connectivity index (χ1) is 10.1. The monoisotopic (exact) mass is 296 g/mol. The van der Waals surface area contributed by atoms with Crippen LogP contribution in [-0.4, -0.2) is 72.5 Å². The van der Waals surface area contributed by atoms with Gasteiger partial charge in [0.2, 0.25) is 0 Å². The Hall–Kier alpha value is -0.160. The lowest BCUT2D eigenvalue weighted by Gasteiger charge is -2.41. The van der Waals surface area contributed by atoms with Gasteiger partial charge in [0.05, 0.1) is 19.3 Å². The number of morpholine rings is 1. The summed E-state index contributed by atoms with van der Waals surface area (Å²) in [5.74, 6) is 1.54. The Balaban J connectivity index is 1.56. The lowest BCUT2D eigenvalue weighted by atomic mass is 9.77. The number of hydrogen-bond donors (Lipinski definition) is 1. The predicted octanol–water partition coefficient (Wildman–Crippen LogP) is 1.58. The molecule has 21 heavy (non-hydrogen) atoms. The van der Waals surface area contributed by atoms with E-state index in [0.717, 1.165) is 57.6 Å². The van der Waals surface area contributed by atoms with E-state index < -0.39 is 0 Å². The van der Waals surface area contributed by atoms with Gasteiger partial charge in [0, 0.05) is 38.3 Å². The Bertz CT molecular complexity index is 331. The van der Waals surface area contributed by atoms with Crippen molar-refractivity contribution in [2.75, 3.05) is 39.4 Å². The number of likely N-dealkylation sites (tertiary alicyclic amines) is 1. The van der Waals surface area contributed by atoms with Gasteiger partial charge < -0.3 is 9.84 Å². The van der Waals surface area contributed by atoms with Crippen LogP contribution < -0.4 is 0 Å². The summed E-state index contributed by atoms with van der Waals surface area (Å²) in [7, 11) is 0. The standard InChI is InChI=1S/C17H32N2O2/c1-13(2)14-3-4-17(20)16(11-14)19-6-5-15(12-19)18-7-9-21-10-8-18/h13-17,20H,3-12H2,1-2H3. The Morgan fingerprint density at radius 3 is 2.48 bits per heavy atom. The van der Waals surface area contributed by atoms with Gasteiger partial charge in [-0.3, -0.25) is 9.80 Å². The number of ether oxygens (including phenoxy) is 1. The molecular weight excluding hydrogens is 264 g/mol. The summed E-state index contributed by atoms with van der Waals surface area (Å²) in [5, 5.41) is 10.5. The van der Waals surface area contributed by atoms with Crippen molar-refractivity contribution in [2.45, 2.75) is 57.7 Å². The summed E-state index contributed by atoms with van der Waals surface area (Å²) < 4.78 is 5.46. The summed E-state index contributed by atoms with van der Waals surface area (Å²) in [6.07, 6.45) is 4.54. The van der Waals surface area contributed by atoms with Crippen molar-refractivity contribution in [3.63, 3.8) is 0 Å². The highest BCUT2D eigenvalue weighted by Crippen LogP contribution is 2.34. The minimum absolute atomic E-state index is 0.108.